The Labute approximate surface area is 469 Å². The van der Waals surface area contributed by atoms with E-state index in [-0.39, 0.29) is 35.5 Å². The molecule has 12 rings (SSSR count). The minimum Gasteiger partial charge on any atom is -0.295 e. The van der Waals surface area contributed by atoms with Crippen LogP contribution in [-0.2, 0) is 33.6 Å². The number of piperidine rings is 3. The maximum atomic E-state index is 13.0. The van der Waals surface area contributed by atoms with E-state index in [2.05, 4.69) is 60.1 Å². The van der Waals surface area contributed by atoms with Crippen LogP contribution in [0.2, 0.25) is 0 Å². The van der Waals surface area contributed by atoms with E-state index in [0.29, 0.717) is 73.4 Å². The number of hydrogen-bond donors (Lipinski definition) is 3. The number of benzene rings is 3. The van der Waals surface area contributed by atoms with Crippen LogP contribution in [0.15, 0.2) is 165 Å². The van der Waals surface area contributed by atoms with Crippen LogP contribution in [0.4, 0.5) is 34.5 Å². The highest BCUT2D eigenvalue weighted by atomic mass is 16.2. The van der Waals surface area contributed by atoms with E-state index in [1.165, 1.54) is 0 Å². The van der Waals surface area contributed by atoms with Gasteiger partial charge >= 0.3 is 0 Å². The van der Waals surface area contributed by atoms with E-state index in [4.69, 9.17) is 19.7 Å². The van der Waals surface area contributed by atoms with Crippen LogP contribution in [-0.4, -0.2) is 82.9 Å². The summed E-state index contributed by atoms with van der Waals surface area (Å²) in [4.78, 5) is 66.7. The molecule has 0 radical (unpaired) electrons. The minimum absolute atomic E-state index is 0.0568. The first kappa shape index (κ1) is 54.0. The summed E-state index contributed by atoms with van der Waals surface area (Å²) in [7, 11) is 0. The molecule has 6 aromatic heterocycles. The topological polar surface area (TPSA) is 199 Å². The first-order valence-electron chi connectivity index (χ1n) is 26.9. The van der Waals surface area contributed by atoms with Crippen LogP contribution in [0.1, 0.15) is 55.2 Å². The van der Waals surface area contributed by atoms with Crippen LogP contribution in [0.25, 0.3) is 48.3 Å². The number of rotatable bonds is 12. The van der Waals surface area contributed by atoms with Gasteiger partial charge in [0.1, 0.15) is 0 Å². The quantitative estimate of drug-likeness (QED) is 0.0996. The molecule has 18 nitrogen and oxygen atoms in total. The van der Waals surface area contributed by atoms with E-state index in [0.717, 1.165) is 89.0 Å². The van der Waals surface area contributed by atoms with Gasteiger partial charge in [-0.2, -0.15) is 15.3 Å². The molecule has 18 heteroatoms. The highest BCUT2D eigenvalue weighted by Crippen LogP contribution is 2.32. The Balaban J connectivity index is 0.000000136. The molecule has 3 atom stereocenters. The van der Waals surface area contributed by atoms with Crippen LogP contribution >= 0.6 is 0 Å². The second kappa shape index (κ2) is 25.8. The average molecular weight is 1070 g/mol. The van der Waals surface area contributed by atoms with Crippen molar-refractivity contribution in [2.24, 2.45) is 17.8 Å². The number of anilines is 3. The molecule has 3 saturated heterocycles. The fourth-order valence-corrected chi connectivity index (χ4v) is 10.5. The van der Waals surface area contributed by atoms with Crippen molar-refractivity contribution in [3.8, 4) is 33.8 Å². The fraction of sp³-hybridized carbons (Fsp3) is 0.238. The fourth-order valence-electron chi connectivity index (χ4n) is 10.5. The highest BCUT2D eigenvalue weighted by molar-refractivity contribution is 5.97. The molecule has 402 valence electrons. The number of carbonyl (C=O) groups is 3. The Bertz CT molecular complexity index is 3300. The lowest BCUT2D eigenvalue weighted by molar-refractivity contribution is -0.124. The lowest BCUT2D eigenvalue weighted by Gasteiger charge is -2.30. The van der Waals surface area contributed by atoms with Gasteiger partial charge in [0.2, 0.25) is 17.7 Å². The zero-order valence-electron chi connectivity index (χ0n) is 44.4. The maximum Gasteiger partial charge on any atom is 0.231 e. The Kier molecular flexibility index (Phi) is 17.2. The molecule has 3 aliphatic rings. The molecule has 0 aliphatic carbocycles. The predicted molar refractivity (Wildman–Crippen MR) is 310 cm³/mol. The SMILES string of the molecule is [C-]#[N+]c1ccc(CC2CCCN(c3cc(-c4ccncc4)[nH]n3)C2=O)cc1.[C-]#[N+]c1ccc(C[C@@H]2CCCN(c3cc(-c4ccncc4)[nH]n3)C2=O)cc1.[C-]#[N+]c1ccc(C[C@H]2CCCN(c3cc(-c4ccncc4)[nH]n3)C2=O)cc1. The van der Waals surface area contributed by atoms with Crippen molar-refractivity contribution < 1.29 is 14.4 Å². The minimum atomic E-state index is -0.0568. The first-order valence-corrected chi connectivity index (χ1v) is 26.9. The monoisotopic (exact) mass is 1070 g/mol. The van der Waals surface area contributed by atoms with Gasteiger partial charge in [-0.15, -0.1) is 0 Å². The lowest BCUT2D eigenvalue weighted by Crippen LogP contribution is -2.42. The van der Waals surface area contributed by atoms with Crippen LogP contribution in [0.5, 0.6) is 0 Å². The average Bonchev–Trinajstić information content (AvgIpc) is 4.39. The molecule has 3 aliphatic heterocycles. The molecule has 0 spiro atoms. The second-order valence-corrected chi connectivity index (χ2v) is 20.1. The Morgan fingerprint density at radius 3 is 0.901 bits per heavy atom. The zero-order chi connectivity index (χ0) is 55.9. The molecule has 3 amide bonds. The molecule has 3 fully saturated rings. The summed E-state index contributed by atoms with van der Waals surface area (Å²) in [5, 5.41) is 22.1. The number of pyridine rings is 3. The largest absolute Gasteiger partial charge is 0.295 e. The van der Waals surface area contributed by atoms with Gasteiger partial charge in [0.15, 0.2) is 34.5 Å². The van der Waals surface area contributed by atoms with Crippen LogP contribution in [0.3, 0.4) is 0 Å². The molecule has 3 N–H and O–H groups in total. The molecule has 9 aromatic rings. The third-order valence-electron chi connectivity index (χ3n) is 14.8. The van der Waals surface area contributed by atoms with Gasteiger partial charge in [0, 0.05) is 109 Å². The van der Waals surface area contributed by atoms with E-state index in [1.54, 1.807) is 51.9 Å². The van der Waals surface area contributed by atoms with Gasteiger partial charge in [0.05, 0.1) is 36.8 Å². The zero-order valence-corrected chi connectivity index (χ0v) is 44.4. The number of hydrogen-bond acceptors (Lipinski definition) is 9. The third kappa shape index (κ3) is 13.3. The van der Waals surface area contributed by atoms with Crippen molar-refractivity contribution in [3.63, 3.8) is 0 Å². The highest BCUT2D eigenvalue weighted by Gasteiger charge is 2.34. The molecule has 3 aromatic carbocycles. The van der Waals surface area contributed by atoms with E-state index in [9.17, 15) is 14.4 Å². The van der Waals surface area contributed by atoms with Gasteiger partial charge in [-0.1, -0.05) is 72.8 Å². The van der Waals surface area contributed by atoms with Gasteiger partial charge in [-0.3, -0.25) is 59.3 Å². The summed E-state index contributed by atoms with van der Waals surface area (Å²) in [5.74, 6) is 2.17. The van der Waals surface area contributed by atoms with Gasteiger partial charge in [-0.25, -0.2) is 14.5 Å². The number of H-pyrrole nitrogens is 3. The lowest BCUT2D eigenvalue weighted by atomic mass is 9.90. The summed E-state index contributed by atoms with van der Waals surface area (Å²) >= 11 is 0. The normalized spacial score (nSPS) is 16.9. The molecular weight excluding hydrogens is 1010 g/mol. The summed E-state index contributed by atoms with van der Waals surface area (Å²) in [6.07, 6.45) is 18.0. The van der Waals surface area contributed by atoms with Crippen LogP contribution in [0, 0.1) is 37.5 Å². The van der Waals surface area contributed by atoms with Gasteiger partial charge < -0.3 is 0 Å². The number of aromatic amines is 3. The van der Waals surface area contributed by atoms with Crippen molar-refractivity contribution in [1.29, 1.82) is 0 Å². The Morgan fingerprint density at radius 2 is 0.654 bits per heavy atom. The van der Waals surface area contributed by atoms with Gasteiger partial charge in [-0.05, 0) is 111 Å². The number of amides is 3. The van der Waals surface area contributed by atoms with Crippen LogP contribution < -0.4 is 14.7 Å². The third-order valence-corrected chi connectivity index (χ3v) is 14.8. The number of carbonyl (C=O) groups excluding carboxylic acids is 3. The van der Waals surface area contributed by atoms with Gasteiger partial charge in [0.25, 0.3) is 0 Å². The summed E-state index contributed by atoms with van der Waals surface area (Å²) in [6, 6.07) is 39.7. The number of aromatic nitrogens is 9. The molecule has 0 bridgehead atoms. The number of nitrogens with zero attached hydrogens (tertiary/aromatic N) is 12. The molecule has 81 heavy (non-hydrogen) atoms. The standard InChI is InChI=1S/3C21H19N5O/c3*1-22-18-6-4-15(5-7-18)13-17-3-2-12-26(21(17)27)20-14-19(24-25-20)16-8-10-23-11-9-16/h3*4-11,14,17H,2-3,12-13H2,(H,24,25)/t2*17-;/m10./s1. The maximum absolute atomic E-state index is 13.0. The summed E-state index contributed by atoms with van der Waals surface area (Å²) in [6.45, 7) is 23.2. The van der Waals surface area contributed by atoms with E-state index in [1.807, 2.05) is 127 Å². The second-order valence-electron chi connectivity index (χ2n) is 20.1. The summed E-state index contributed by atoms with van der Waals surface area (Å²) < 4.78 is 0. The van der Waals surface area contributed by atoms with Crippen molar-refractivity contribution in [2.45, 2.75) is 57.8 Å². The predicted octanol–water partition coefficient (Wildman–Crippen LogP) is 12.0. The number of nitrogens with one attached hydrogen (secondary N) is 3. The Morgan fingerprint density at radius 1 is 0.395 bits per heavy atom. The van der Waals surface area contributed by atoms with E-state index < -0.39 is 0 Å². The van der Waals surface area contributed by atoms with Crippen molar-refractivity contribution in [3.05, 3.63) is 216 Å². The Hall–Kier alpha value is -10.4. The first-order chi connectivity index (χ1) is 39.7. The van der Waals surface area contributed by atoms with E-state index >= 15 is 0 Å². The summed E-state index contributed by atoms with van der Waals surface area (Å²) in [5.41, 5.74) is 10.7. The van der Waals surface area contributed by atoms with Crippen molar-refractivity contribution in [2.75, 3.05) is 34.3 Å². The molecule has 1 unspecified atom stereocenters. The molecular formula is C63H57N15O3. The molecule has 9 heterocycles. The van der Waals surface area contributed by atoms with Crippen molar-refractivity contribution >= 4 is 52.2 Å². The smallest absolute Gasteiger partial charge is 0.231 e. The van der Waals surface area contributed by atoms with Crippen molar-refractivity contribution in [1.82, 2.24) is 45.5 Å². The molecule has 0 saturated carbocycles.